The Labute approximate surface area is 175 Å². The van der Waals surface area contributed by atoms with Crippen molar-refractivity contribution >= 4 is 46.0 Å². The highest BCUT2D eigenvalue weighted by Crippen LogP contribution is 2.43. The highest BCUT2D eigenvalue weighted by atomic mass is 32.2. The number of Topliss-reactive ketones (excluding diaryl/α,β-unsaturated/α-hetero) is 1. The average Bonchev–Trinajstić information content (AvgIpc) is 3.50. The molecule has 4 rings (SSSR count). The van der Waals surface area contributed by atoms with Crippen molar-refractivity contribution in [2.45, 2.75) is 23.3 Å². The third-order valence-electron chi connectivity index (χ3n) is 4.93. The number of nitrogens with zero attached hydrogens (tertiary/aromatic N) is 2. The number of thiophene rings is 2. The first-order valence-corrected chi connectivity index (χ1v) is 11.5. The zero-order chi connectivity index (χ0) is 19.7. The van der Waals surface area contributed by atoms with Crippen molar-refractivity contribution in [3.8, 4) is 6.07 Å². The van der Waals surface area contributed by atoms with Gasteiger partial charge in [0.2, 0.25) is 5.78 Å². The standard InChI is InChI=1S/C21H16N2O2S3/c1-2-7-28-16-10-17-21(13-22,20(25)15-4-9-27-12-15)5-6-23(17)18(16)19(24)14-3-8-26-11-14/h2-4,8-12H,1,5-7H2. The number of rotatable bonds is 7. The van der Waals surface area contributed by atoms with E-state index in [1.54, 1.807) is 23.6 Å². The second-order valence-corrected chi connectivity index (χ2v) is 9.07. The van der Waals surface area contributed by atoms with Crippen LogP contribution in [0.5, 0.6) is 0 Å². The van der Waals surface area contributed by atoms with Crippen LogP contribution in [-0.2, 0) is 12.0 Å². The van der Waals surface area contributed by atoms with Crippen LogP contribution in [0, 0.1) is 11.3 Å². The van der Waals surface area contributed by atoms with E-state index in [4.69, 9.17) is 0 Å². The number of thioether (sulfide) groups is 1. The zero-order valence-electron chi connectivity index (χ0n) is 14.9. The van der Waals surface area contributed by atoms with Gasteiger partial charge < -0.3 is 4.57 Å². The van der Waals surface area contributed by atoms with Gasteiger partial charge in [-0.05, 0) is 35.4 Å². The molecule has 0 N–H and O–H groups in total. The molecular formula is C21H16N2O2S3. The Balaban J connectivity index is 1.86. The van der Waals surface area contributed by atoms with Gasteiger partial charge in [-0.3, -0.25) is 9.59 Å². The third-order valence-corrected chi connectivity index (χ3v) is 7.32. The maximum Gasteiger partial charge on any atom is 0.211 e. The lowest BCUT2D eigenvalue weighted by Gasteiger charge is -2.17. The van der Waals surface area contributed by atoms with Gasteiger partial charge in [0, 0.05) is 44.8 Å². The summed E-state index contributed by atoms with van der Waals surface area (Å²) in [5.41, 5.74) is 1.11. The molecule has 1 aliphatic heterocycles. The summed E-state index contributed by atoms with van der Waals surface area (Å²) in [5, 5.41) is 17.4. The van der Waals surface area contributed by atoms with E-state index in [1.807, 2.05) is 26.8 Å². The fourth-order valence-electron chi connectivity index (χ4n) is 3.57. The summed E-state index contributed by atoms with van der Waals surface area (Å²) in [6.07, 6.45) is 2.16. The zero-order valence-corrected chi connectivity index (χ0v) is 17.3. The fraction of sp³-hybridized carbons (Fsp3) is 0.190. The monoisotopic (exact) mass is 424 g/mol. The number of aromatic nitrogens is 1. The van der Waals surface area contributed by atoms with Crippen LogP contribution in [0.25, 0.3) is 0 Å². The number of carbonyl (C=O) groups is 2. The molecule has 4 heterocycles. The Hall–Kier alpha value is -2.40. The van der Waals surface area contributed by atoms with Gasteiger partial charge in [0.05, 0.1) is 6.07 Å². The predicted octanol–water partition coefficient (Wildman–Crippen LogP) is 5.17. The van der Waals surface area contributed by atoms with Crippen molar-refractivity contribution in [2.24, 2.45) is 0 Å². The fourth-order valence-corrected chi connectivity index (χ4v) is 5.68. The van der Waals surface area contributed by atoms with Crippen LogP contribution in [0.1, 0.15) is 38.5 Å². The second kappa shape index (κ2) is 7.55. The summed E-state index contributed by atoms with van der Waals surface area (Å²) < 4.78 is 1.87. The molecular weight excluding hydrogens is 408 g/mol. The third kappa shape index (κ3) is 2.89. The quantitative estimate of drug-likeness (QED) is 0.298. The molecule has 0 bridgehead atoms. The number of fused-ring (bicyclic) bond motifs is 1. The van der Waals surface area contributed by atoms with Crippen molar-refractivity contribution in [1.29, 1.82) is 5.26 Å². The highest BCUT2D eigenvalue weighted by Gasteiger charge is 2.49. The largest absolute Gasteiger partial charge is 0.339 e. The first kappa shape index (κ1) is 18.9. The molecule has 7 heteroatoms. The average molecular weight is 425 g/mol. The summed E-state index contributed by atoms with van der Waals surface area (Å²) in [4.78, 5) is 27.2. The second-order valence-electron chi connectivity index (χ2n) is 6.44. The van der Waals surface area contributed by atoms with Gasteiger partial charge in [0.15, 0.2) is 11.2 Å². The molecule has 0 spiro atoms. The molecule has 0 amide bonds. The van der Waals surface area contributed by atoms with Gasteiger partial charge in [0.25, 0.3) is 0 Å². The molecule has 0 aromatic carbocycles. The van der Waals surface area contributed by atoms with Crippen molar-refractivity contribution in [3.05, 3.63) is 74.9 Å². The molecule has 0 radical (unpaired) electrons. The van der Waals surface area contributed by atoms with E-state index < -0.39 is 5.41 Å². The minimum atomic E-state index is -1.25. The van der Waals surface area contributed by atoms with Crippen LogP contribution >= 0.6 is 34.4 Å². The van der Waals surface area contributed by atoms with E-state index >= 15 is 0 Å². The Morgan fingerprint density at radius 3 is 2.61 bits per heavy atom. The molecule has 28 heavy (non-hydrogen) atoms. The van der Waals surface area contributed by atoms with Crippen LogP contribution in [0.3, 0.4) is 0 Å². The lowest BCUT2D eigenvalue weighted by Crippen LogP contribution is -2.31. The topological polar surface area (TPSA) is 62.9 Å². The van der Waals surface area contributed by atoms with Crippen molar-refractivity contribution in [1.82, 2.24) is 4.57 Å². The number of hydrogen-bond donors (Lipinski definition) is 0. The number of hydrogen-bond acceptors (Lipinski definition) is 6. The molecule has 1 unspecified atom stereocenters. The SMILES string of the molecule is C=CCSc1cc2n(c1C(=O)c1ccsc1)CCC2(C#N)C(=O)c1ccsc1. The molecule has 140 valence electrons. The van der Waals surface area contributed by atoms with Crippen molar-refractivity contribution in [3.63, 3.8) is 0 Å². The van der Waals surface area contributed by atoms with E-state index in [0.717, 1.165) is 4.90 Å². The Bertz CT molecular complexity index is 1090. The number of carbonyl (C=O) groups excluding carboxylic acids is 2. The van der Waals surface area contributed by atoms with Gasteiger partial charge in [-0.15, -0.1) is 18.3 Å². The van der Waals surface area contributed by atoms with Crippen molar-refractivity contribution in [2.75, 3.05) is 5.75 Å². The number of nitriles is 1. The smallest absolute Gasteiger partial charge is 0.211 e. The summed E-state index contributed by atoms with van der Waals surface area (Å²) >= 11 is 4.41. The Morgan fingerprint density at radius 1 is 1.29 bits per heavy atom. The molecule has 3 aromatic rings. The van der Waals surface area contributed by atoms with Crippen LogP contribution in [0.2, 0.25) is 0 Å². The summed E-state index contributed by atoms with van der Waals surface area (Å²) in [6.45, 7) is 4.22. The lowest BCUT2D eigenvalue weighted by atomic mass is 9.78. The summed E-state index contributed by atoms with van der Waals surface area (Å²) in [6, 6.07) is 7.70. The van der Waals surface area contributed by atoms with Crippen LogP contribution in [0.15, 0.2) is 57.3 Å². The lowest BCUT2D eigenvalue weighted by molar-refractivity contribution is 0.0921. The molecule has 0 aliphatic carbocycles. The van der Waals surface area contributed by atoms with Crippen LogP contribution < -0.4 is 0 Å². The Morgan fingerprint density at radius 2 is 2.00 bits per heavy atom. The van der Waals surface area contributed by atoms with Gasteiger partial charge in [-0.1, -0.05) is 6.08 Å². The molecule has 1 aliphatic rings. The minimum absolute atomic E-state index is 0.0733. The highest BCUT2D eigenvalue weighted by molar-refractivity contribution is 7.99. The summed E-state index contributed by atoms with van der Waals surface area (Å²) in [7, 11) is 0. The molecule has 1 atom stereocenters. The molecule has 0 fully saturated rings. The van der Waals surface area contributed by atoms with E-state index in [0.29, 0.717) is 41.2 Å². The van der Waals surface area contributed by atoms with Gasteiger partial charge in [-0.2, -0.15) is 27.9 Å². The van der Waals surface area contributed by atoms with E-state index in [9.17, 15) is 14.9 Å². The van der Waals surface area contributed by atoms with Crippen LogP contribution in [0.4, 0.5) is 0 Å². The van der Waals surface area contributed by atoms with E-state index in [1.165, 1.54) is 34.4 Å². The summed E-state index contributed by atoms with van der Waals surface area (Å²) in [5.74, 6) is 0.379. The normalized spacial score (nSPS) is 17.8. The Kier molecular flexibility index (Phi) is 5.11. The molecule has 0 saturated carbocycles. The molecule has 4 nitrogen and oxygen atoms in total. The van der Waals surface area contributed by atoms with E-state index in [2.05, 4.69) is 12.6 Å². The van der Waals surface area contributed by atoms with E-state index in [-0.39, 0.29) is 11.6 Å². The van der Waals surface area contributed by atoms with Crippen molar-refractivity contribution < 1.29 is 9.59 Å². The predicted molar refractivity (Wildman–Crippen MR) is 114 cm³/mol. The molecule has 3 aromatic heterocycles. The number of ketones is 2. The maximum absolute atomic E-state index is 13.2. The van der Waals surface area contributed by atoms with Gasteiger partial charge in [-0.25, -0.2) is 0 Å². The first-order chi connectivity index (χ1) is 13.6. The maximum atomic E-state index is 13.2. The van der Waals surface area contributed by atoms with Crippen LogP contribution in [-0.4, -0.2) is 21.9 Å². The van der Waals surface area contributed by atoms with Gasteiger partial charge in [0.1, 0.15) is 5.69 Å². The van der Waals surface area contributed by atoms with Gasteiger partial charge >= 0.3 is 0 Å². The minimum Gasteiger partial charge on any atom is -0.339 e. The first-order valence-electron chi connectivity index (χ1n) is 8.65. The molecule has 0 saturated heterocycles.